The van der Waals surface area contributed by atoms with E-state index >= 15 is 4.39 Å². The van der Waals surface area contributed by atoms with Crippen molar-refractivity contribution in [3.05, 3.63) is 63.9 Å². The Labute approximate surface area is 233 Å². The van der Waals surface area contributed by atoms with Crippen LogP contribution in [0.5, 0.6) is 5.75 Å². The summed E-state index contributed by atoms with van der Waals surface area (Å²) in [5, 5.41) is 9.21. The number of nitrogens with zero attached hydrogens (tertiary/aromatic N) is 2. The molecule has 3 aromatic rings. The van der Waals surface area contributed by atoms with E-state index in [1.165, 1.54) is 0 Å². The minimum absolute atomic E-state index is 0.0113. The molecule has 2 atom stereocenters. The summed E-state index contributed by atoms with van der Waals surface area (Å²) < 4.78 is 131. The Morgan fingerprint density at radius 2 is 1.83 bits per heavy atom. The van der Waals surface area contributed by atoms with Crippen LogP contribution in [0, 0.1) is 11.7 Å². The van der Waals surface area contributed by atoms with Crippen molar-refractivity contribution in [3.63, 3.8) is 0 Å². The van der Waals surface area contributed by atoms with Gasteiger partial charge in [-0.3, -0.25) is 0 Å². The number of carboxylic acids is 1. The molecule has 1 aromatic heterocycles. The fraction of sp³-hybridized carbons (Fsp3) is 0.360. The van der Waals surface area contributed by atoms with Gasteiger partial charge in [-0.1, -0.05) is 0 Å². The summed E-state index contributed by atoms with van der Waals surface area (Å²) in [6.45, 7) is -0.783. The van der Waals surface area contributed by atoms with Crippen molar-refractivity contribution < 1.29 is 53.8 Å². The number of halogens is 7. The Morgan fingerprint density at radius 3 is 2.41 bits per heavy atom. The molecular formula is C25H21F7N2O5S2. The molecule has 41 heavy (non-hydrogen) atoms. The number of hydrogen-bond acceptors (Lipinski definition) is 7. The van der Waals surface area contributed by atoms with Gasteiger partial charge in [0.2, 0.25) is 21.3 Å². The second-order valence-corrected chi connectivity index (χ2v) is 12.3. The van der Waals surface area contributed by atoms with Crippen molar-refractivity contribution >= 4 is 38.5 Å². The first-order chi connectivity index (χ1) is 19.0. The molecule has 0 aliphatic carbocycles. The topological polar surface area (TPSA) is 96.8 Å². The highest BCUT2D eigenvalue weighted by Crippen LogP contribution is 2.47. The third-order valence-corrected chi connectivity index (χ3v) is 9.07. The molecule has 0 saturated heterocycles. The van der Waals surface area contributed by atoms with Crippen molar-refractivity contribution in [2.75, 3.05) is 11.4 Å². The molecule has 1 N–H and O–H groups in total. The predicted octanol–water partition coefficient (Wildman–Crippen LogP) is 6.85. The van der Waals surface area contributed by atoms with Crippen LogP contribution in [0.2, 0.25) is 0 Å². The van der Waals surface area contributed by atoms with E-state index in [0.717, 1.165) is 46.0 Å². The van der Waals surface area contributed by atoms with Crippen LogP contribution >= 0.6 is 11.3 Å². The number of sulfone groups is 1. The molecule has 0 saturated carbocycles. The lowest BCUT2D eigenvalue weighted by molar-refractivity contribution is -0.139. The van der Waals surface area contributed by atoms with Crippen molar-refractivity contribution in [2.45, 2.75) is 48.9 Å². The average Bonchev–Trinajstić information content (AvgIpc) is 3.33. The molecule has 0 fully saturated rings. The second kappa shape index (κ2) is 11.1. The Balaban J connectivity index is 1.89. The quantitative estimate of drug-likeness (QED) is 0.273. The summed E-state index contributed by atoms with van der Waals surface area (Å²) in [5.41, 5.74) is -4.22. The molecule has 1 aliphatic rings. The number of fused-ring (bicyclic) bond motifs is 1. The minimum Gasteiger partial charge on any atom is -0.487 e. The van der Waals surface area contributed by atoms with Gasteiger partial charge in [0, 0.05) is 30.6 Å². The maximum atomic E-state index is 15.7. The van der Waals surface area contributed by atoms with Crippen LogP contribution < -0.4 is 9.64 Å². The normalized spacial score (nSPS) is 19.0. The fourth-order valence-electron chi connectivity index (χ4n) is 4.34. The summed E-state index contributed by atoms with van der Waals surface area (Å²) in [4.78, 5) is 14.9. The van der Waals surface area contributed by atoms with Crippen molar-refractivity contribution in [1.29, 1.82) is 0 Å². The molecule has 4 rings (SSSR count). The number of alkyl halides is 6. The van der Waals surface area contributed by atoms with E-state index in [0.29, 0.717) is 19.1 Å². The van der Waals surface area contributed by atoms with Gasteiger partial charge >= 0.3 is 12.1 Å². The maximum absolute atomic E-state index is 15.7. The summed E-state index contributed by atoms with van der Waals surface area (Å²) in [6.07, 6.45) is -6.66. The monoisotopic (exact) mass is 626 g/mol. The van der Waals surface area contributed by atoms with E-state index in [1.807, 2.05) is 0 Å². The second-order valence-electron chi connectivity index (χ2n) is 9.38. The first kappa shape index (κ1) is 30.6. The van der Waals surface area contributed by atoms with Gasteiger partial charge in [0.05, 0.1) is 26.5 Å². The molecule has 0 amide bonds. The van der Waals surface area contributed by atoms with Crippen LogP contribution in [0.25, 0.3) is 0 Å². The summed E-state index contributed by atoms with van der Waals surface area (Å²) in [5.74, 6) is -8.10. The van der Waals surface area contributed by atoms with E-state index in [9.17, 15) is 44.7 Å². The number of benzene rings is 2. The number of carbonyl (C=O) groups is 1. The predicted molar refractivity (Wildman–Crippen MR) is 134 cm³/mol. The number of hydrogen-bond donors (Lipinski definition) is 1. The lowest BCUT2D eigenvalue weighted by Crippen LogP contribution is -2.32. The number of carboxylic acid groups (broad SMARTS) is 1. The molecule has 7 nitrogen and oxygen atoms in total. The van der Waals surface area contributed by atoms with Gasteiger partial charge < -0.3 is 14.7 Å². The number of aromatic carboxylic acids is 1. The van der Waals surface area contributed by atoms with E-state index in [2.05, 4.69) is 4.98 Å². The largest absolute Gasteiger partial charge is 0.487 e. The number of anilines is 2. The first-order valence-electron chi connectivity index (χ1n) is 11.8. The lowest BCUT2D eigenvalue weighted by atomic mass is 10.00. The van der Waals surface area contributed by atoms with E-state index in [-0.39, 0.29) is 10.6 Å². The van der Waals surface area contributed by atoms with E-state index in [1.54, 1.807) is 0 Å². The highest BCUT2D eigenvalue weighted by molar-refractivity contribution is 7.92. The molecule has 2 aromatic carbocycles. The van der Waals surface area contributed by atoms with Crippen LogP contribution in [-0.4, -0.2) is 42.4 Å². The van der Waals surface area contributed by atoms with Gasteiger partial charge in [-0.05, 0) is 43.7 Å². The highest BCUT2D eigenvalue weighted by Gasteiger charge is 2.45. The van der Waals surface area contributed by atoms with Crippen LogP contribution in [0.1, 0.15) is 40.7 Å². The number of aromatic nitrogens is 1. The van der Waals surface area contributed by atoms with Gasteiger partial charge in [-0.15, -0.1) is 11.3 Å². The molecule has 2 heterocycles. The lowest BCUT2D eigenvalue weighted by Gasteiger charge is -2.29. The van der Waals surface area contributed by atoms with Crippen LogP contribution in [0.3, 0.4) is 0 Å². The van der Waals surface area contributed by atoms with Crippen LogP contribution in [0.4, 0.5) is 42.1 Å². The zero-order valence-corrected chi connectivity index (χ0v) is 22.6. The zero-order chi connectivity index (χ0) is 30.3. The number of ether oxygens (including phenoxy) is 1. The zero-order valence-electron chi connectivity index (χ0n) is 21.0. The summed E-state index contributed by atoms with van der Waals surface area (Å²) in [7, 11) is -5.08. The summed E-state index contributed by atoms with van der Waals surface area (Å²) >= 11 is 0.773. The fourth-order valence-corrected chi connectivity index (χ4v) is 6.70. The molecule has 0 unspecified atom stereocenters. The van der Waals surface area contributed by atoms with Gasteiger partial charge in [-0.2, -0.15) is 13.2 Å². The average molecular weight is 627 g/mol. The minimum atomic E-state index is -5.13. The van der Waals surface area contributed by atoms with E-state index in [4.69, 9.17) is 4.74 Å². The molecule has 222 valence electrons. The Morgan fingerprint density at radius 1 is 1.17 bits per heavy atom. The molecule has 0 bridgehead atoms. The van der Waals surface area contributed by atoms with Gasteiger partial charge in [0.1, 0.15) is 18.2 Å². The Kier molecular flexibility index (Phi) is 8.28. The van der Waals surface area contributed by atoms with Crippen molar-refractivity contribution in [2.24, 2.45) is 5.92 Å². The van der Waals surface area contributed by atoms with Crippen LogP contribution in [0.15, 0.2) is 46.8 Å². The third-order valence-electron chi connectivity index (χ3n) is 6.34. The summed E-state index contributed by atoms with van der Waals surface area (Å²) in [6, 6.07) is 5.08. The van der Waals surface area contributed by atoms with Gasteiger partial charge in [0.25, 0.3) is 0 Å². The molecule has 0 radical (unpaired) electrons. The smallest absolute Gasteiger partial charge is 0.420 e. The molecular weight excluding hydrogens is 605 g/mol. The van der Waals surface area contributed by atoms with Crippen LogP contribution in [-0.2, 0) is 22.6 Å². The molecule has 1 aliphatic heterocycles. The SMILES string of the molecule is CC(F)(F)CC[C@H]1CN(c2ccc(F)cc2)c2cc(C(F)(F)F)c(OCc3scnc3C(=O)O)cc2S(=O)(=O)[C@H]1F. The van der Waals surface area contributed by atoms with Crippen molar-refractivity contribution in [1.82, 2.24) is 4.98 Å². The molecule has 0 spiro atoms. The Bertz CT molecular complexity index is 1540. The standard InChI is InChI=1S/C25H21F7N2O5S2/c1-24(28,29)7-6-13-10-34(15-4-2-14(26)3-5-15)17-8-16(25(30,31)32)18(9-20(17)41(37,38)22(13)27)39-11-19-21(23(35)36)33-12-40-19/h2-5,8-9,12-13,22H,6-7,10-11H2,1H3,(H,35,36)/t13-,22+/m0/s1. The maximum Gasteiger partial charge on any atom is 0.420 e. The van der Waals surface area contributed by atoms with E-state index < -0.39 is 98.7 Å². The van der Waals surface area contributed by atoms with Gasteiger partial charge in [-0.25, -0.2) is 35.8 Å². The third kappa shape index (κ3) is 6.58. The number of rotatable bonds is 8. The molecule has 16 heteroatoms. The highest BCUT2D eigenvalue weighted by atomic mass is 32.2. The van der Waals surface area contributed by atoms with Gasteiger partial charge in [0.15, 0.2) is 5.69 Å². The first-order valence-corrected chi connectivity index (χ1v) is 14.2. The number of thiazole rings is 1. The Hall–Kier alpha value is -3.40. The van der Waals surface area contributed by atoms with Crippen molar-refractivity contribution in [3.8, 4) is 5.75 Å².